The number of ether oxygens (including phenoxy) is 3. The van der Waals surface area contributed by atoms with Crippen molar-refractivity contribution in [1.29, 1.82) is 0 Å². The van der Waals surface area contributed by atoms with E-state index in [1.54, 1.807) is 20.3 Å². The molecule has 11 heteroatoms. The molecule has 0 saturated heterocycles. The van der Waals surface area contributed by atoms with Gasteiger partial charge in [-0.25, -0.2) is 14.4 Å². The van der Waals surface area contributed by atoms with E-state index in [2.05, 4.69) is 20.6 Å². The SMILES string of the molecule is COc1ccc(CCNC(=O)CNc2nc(-c3cccc(Oc4ccccc4)c3)cc(-c3cc(F)c(Cl)cc3Cl)n2)cc1OC. The van der Waals surface area contributed by atoms with Crippen LogP contribution < -0.4 is 24.8 Å². The number of nitrogens with zero attached hydrogens (tertiary/aromatic N) is 2. The van der Waals surface area contributed by atoms with Gasteiger partial charge in [0.1, 0.15) is 17.3 Å². The Balaban J connectivity index is 1.34. The van der Waals surface area contributed by atoms with E-state index in [9.17, 15) is 9.18 Å². The maximum absolute atomic E-state index is 14.5. The fraction of sp³-hybridized carbons (Fsp3) is 0.147. The molecule has 0 aliphatic heterocycles. The molecule has 4 aromatic carbocycles. The number of carbonyl (C=O) groups excluding carboxylic acids is 1. The third-order valence-corrected chi connectivity index (χ3v) is 7.31. The molecule has 0 fully saturated rings. The zero-order valence-electron chi connectivity index (χ0n) is 24.4. The second-order valence-corrected chi connectivity index (χ2v) is 10.6. The molecule has 45 heavy (non-hydrogen) atoms. The predicted molar refractivity (Wildman–Crippen MR) is 174 cm³/mol. The molecule has 0 saturated carbocycles. The van der Waals surface area contributed by atoms with Crippen molar-refractivity contribution >= 4 is 35.1 Å². The molecule has 0 aliphatic rings. The number of benzene rings is 4. The van der Waals surface area contributed by atoms with Crippen LogP contribution in [0.15, 0.2) is 91.0 Å². The number of halogens is 3. The van der Waals surface area contributed by atoms with Crippen LogP contribution in [-0.4, -0.2) is 43.2 Å². The van der Waals surface area contributed by atoms with E-state index in [1.807, 2.05) is 72.8 Å². The zero-order chi connectivity index (χ0) is 31.8. The van der Waals surface area contributed by atoms with Gasteiger partial charge in [-0.2, -0.15) is 0 Å². The van der Waals surface area contributed by atoms with Crippen molar-refractivity contribution < 1.29 is 23.4 Å². The smallest absolute Gasteiger partial charge is 0.239 e. The number of amides is 1. The summed E-state index contributed by atoms with van der Waals surface area (Å²) in [5.41, 5.74) is 2.85. The lowest BCUT2D eigenvalue weighted by atomic mass is 10.1. The molecular formula is C34H29Cl2FN4O4. The topological polar surface area (TPSA) is 94.6 Å². The number of hydrogen-bond donors (Lipinski definition) is 2. The Bertz CT molecular complexity index is 1810. The highest BCUT2D eigenvalue weighted by Crippen LogP contribution is 2.34. The summed E-state index contributed by atoms with van der Waals surface area (Å²) in [5, 5.41) is 5.97. The van der Waals surface area contributed by atoms with Gasteiger partial charge >= 0.3 is 0 Å². The van der Waals surface area contributed by atoms with Gasteiger partial charge < -0.3 is 24.8 Å². The molecule has 1 heterocycles. The van der Waals surface area contributed by atoms with Crippen molar-refractivity contribution in [2.75, 3.05) is 32.6 Å². The summed E-state index contributed by atoms with van der Waals surface area (Å²) in [6.45, 7) is 0.296. The molecular weight excluding hydrogens is 618 g/mol. The van der Waals surface area contributed by atoms with E-state index in [0.717, 1.165) is 5.56 Å². The van der Waals surface area contributed by atoms with Gasteiger partial charge in [0.2, 0.25) is 11.9 Å². The van der Waals surface area contributed by atoms with Crippen LogP contribution in [-0.2, 0) is 11.2 Å². The Hall–Kier alpha value is -4.86. The average molecular weight is 648 g/mol. The summed E-state index contributed by atoms with van der Waals surface area (Å²) in [4.78, 5) is 21.9. The Morgan fingerprint density at radius 2 is 1.56 bits per heavy atom. The number of aromatic nitrogens is 2. The first-order valence-corrected chi connectivity index (χ1v) is 14.7. The lowest BCUT2D eigenvalue weighted by molar-refractivity contribution is -0.119. The number of anilines is 1. The van der Waals surface area contributed by atoms with Crippen LogP contribution in [0.1, 0.15) is 5.56 Å². The second-order valence-electron chi connectivity index (χ2n) is 9.79. The fourth-order valence-electron chi connectivity index (χ4n) is 4.48. The maximum Gasteiger partial charge on any atom is 0.239 e. The molecule has 0 aliphatic carbocycles. The number of methoxy groups -OCH3 is 2. The van der Waals surface area contributed by atoms with Crippen LogP contribution in [0.4, 0.5) is 10.3 Å². The Labute approximate surface area is 270 Å². The Morgan fingerprint density at radius 3 is 2.33 bits per heavy atom. The third-order valence-electron chi connectivity index (χ3n) is 6.71. The van der Waals surface area contributed by atoms with Crippen LogP contribution >= 0.6 is 23.2 Å². The molecule has 1 amide bonds. The van der Waals surface area contributed by atoms with Gasteiger partial charge in [-0.3, -0.25) is 4.79 Å². The summed E-state index contributed by atoms with van der Waals surface area (Å²) < 4.78 is 31.1. The van der Waals surface area contributed by atoms with Gasteiger partial charge in [-0.15, -0.1) is 0 Å². The summed E-state index contributed by atoms with van der Waals surface area (Å²) >= 11 is 12.4. The van der Waals surface area contributed by atoms with E-state index in [4.69, 9.17) is 37.4 Å². The fourth-order valence-corrected chi connectivity index (χ4v) is 4.96. The van der Waals surface area contributed by atoms with Gasteiger partial charge in [0.25, 0.3) is 0 Å². The molecule has 0 spiro atoms. The van der Waals surface area contributed by atoms with Gasteiger partial charge in [-0.05, 0) is 66.6 Å². The standard InChI is InChI=1S/C34H29Cl2FN4O4/c1-43-31-12-11-21(15-32(31)44-2)13-14-38-33(42)20-39-34-40-29(19-30(41-34)25-17-28(37)27(36)18-26(25)35)22-7-6-10-24(16-22)45-23-8-4-3-5-9-23/h3-12,15-19H,13-14,20H2,1-2H3,(H,38,42)(H,39,40,41). The lowest BCUT2D eigenvalue weighted by Crippen LogP contribution is -2.31. The summed E-state index contributed by atoms with van der Waals surface area (Å²) in [5.74, 6) is 1.78. The highest BCUT2D eigenvalue weighted by Gasteiger charge is 2.15. The van der Waals surface area contributed by atoms with Gasteiger partial charge in [-0.1, -0.05) is 59.6 Å². The average Bonchev–Trinajstić information content (AvgIpc) is 3.06. The van der Waals surface area contributed by atoms with E-state index in [-0.39, 0.29) is 28.4 Å². The van der Waals surface area contributed by atoms with E-state index in [1.165, 1.54) is 12.1 Å². The van der Waals surface area contributed by atoms with Crippen molar-refractivity contribution in [3.05, 3.63) is 112 Å². The summed E-state index contributed by atoms with van der Waals surface area (Å²) in [7, 11) is 3.15. The van der Waals surface area contributed by atoms with Crippen molar-refractivity contribution in [2.45, 2.75) is 6.42 Å². The number of hydrogen-bond acceptors (Lipinski definition) is 7. The molecule has 0 atom stereocenters. The molecule has 5 aromatic rings. The van der Waals surface area contributed by atoms with Gasteiger partial charge in [0.15, 0.2) is 11.5 Å². The van der Waals surface area contributed by atoms with Gasteiger partial charge in [0.05, 0.1) is 42.2 Å². The quantitative estimate of drug-likeness (QED) is 0.133. The van der Waals surface area contributed by atoms with Crippen molar-refractivity contribution in [3.63, 3.8) is 0 Å². The first-order chi connectivity index (χ1) is 21.8. The van der Waals surface area contributed by atoms with Crippen molar-refractivity contribution in [1.82, 2.24) is 15.3 Å². The predicted octanol–water partition coefficient (Wildman–Crippen LogP) is 7.84. The third kappa shape index (κ3) is 8.20. The number of nitrogens with one attached hydrogen (secondary N) is 2. The van der Waals surface area contributed by atoms with Gasteiger partial charge in [0, 0.05) is 17.7 Å². The van der Waals surface area contributed by atoms with E-state index < -0.39 is 5.82 Å². The largest absolute Gasteiger partial charge is 0.493 e. The number of para-hydroxylation sites is 1. The minimum atomic E-state index is -0.641. The monoisotopic (exact) mass is 646 g/mol. The van der Waals surface area contributed by atoms with Crippen molar-refractivity contribution in [2.24, 2.45) is 0 Å². The van der Waals surface area contributed by atoms with Crippen LogP contribution in [0.5, 0.6) is 23.0 Å². The minimum absolute atomic E-state index is 0.102. The molecule has 2 N–H and O–H groups in total. The van der Waals surface area contributed by atoms with Crippen LogP contribution in [0, 0.1) is 5.82 Å². The summed E-state index contributed by atoms with van der Waals surface area (Å²) in [6.07, 6.45) is 0.588. The van der Waals surface area contributed by atoms with Crippen molar-refractivity contribution in [3.8, 4) is 45.5 Å². The molecule has 0 bridgehead atoms. The highest BCUT2D eigenvalue weighted by molar-refractivity contribution is 6.36. The minimum Gasteiger partial charge on any atom is -0.493 e. The molecule has 230 valence electrons. The lowest BCUT2D eigenvalue weighted by Gasteiger charge is -2.13. The Kier molecular flexibility index (Phi) is 10.3. The molecule has 8 nitrogen and oxygen atoms in total. The second kappa shape index (κ2) is 14.7. The molecule has 0 unspecified atom stereocenters. The molecule has 5 rings (SSSR count). The van der Waals surface area contributed by atoms with Crippen LogP contribution in [0.2, 0.25) is 10.0 Å². The molecule has 1 aromatic heterocycles. The van der Waals surface area contributed by atoms with E-state index in [0.29, 0.717) is 58.5 Å². The first-order valence-electron chi connectivity index (χ1n) is 13.9. The zero-order valence-corrected chi connectivity index (χ0v) is 26.0. The Morgan fingerprint density at radius 1 is 0.800 bits per heavy atom. The first kappa shape index (κ1) is 31.6. The maximum atomic E-state index is 14.5. The normalized spacial score (nSPS) is 10.7. The number of rotatable bonds is 12. The highest BCUT2D eigenvalue weighted by atomic mass is 35.5. The van der Waals surface area contributed by atoms with E-state index >= 15 is 0 Å². The number of carbonyl (C=O) groups is 1. The summed E-state index contributed by atoms with van der Waals surface area (Å²) in [6, 6.07) is 26.6. The molecule has 0 radical (unpaired) electrons. The van der Waals surface area contributed by atoms with Crippen LogP contribution in [0.25, 0.3) is 22.5 Å². The van der Waals surface area contributed by atoms with Crippen LogP contribution in [0.3, 0.4) is 0 Å².